The summed E-state index contributed by atoms with van der Waals surface area (Å²) in [5.41, 5.74) is 7.19. The van der Waals surface area contributed by atoms with Gasteiger partial charge in [0.15, 0.2) is 0 Å². The maximum absolute atomic E-state index is 12.6. The monoisotopic (exact) mass is 280 g/mol. The van der Waals surface area contributed by atoms with E-state index in [2.05, 4.69) is 11.8 Å². The largest absolute Gasteiger partial charge is 0.397 e. The number of nitrogens with zero attached hydrogens (tertiary/aromatic N) is 3. The van der Waals surface area contributed by atoms with Gasteiger partial charge in [0, 0.05) is 25.8 Å². The fourth-order valence-electron chi connectivity index (χ4n) is 2.28. The van der Waals surface area contributed by atoms with E-state index in [1.807, 2.05) is 36.7 Å². The summed E-state index contributed by atoms with van der Waals surface area (Å²) in [6.45, 7) is 7.44. The zero-order valence-electron chi connectivity index (χ0n) is 13.2. The number of amides is 1. The van der Waals surface area contributed by atoms with Gasteiger partial charge in [0.05, 0.1) is 5.69 Å². The zero-order valence-corrected chi connectivity index (χ0v) is 13.2. The second-order valence-corrected chi connectivity index (χ2v) is 5.39. The summed E-state index contributed by atoms with van der Waals surface area (Å²) >= 11 is 0. The fraction of sp³-hybridized carbons (Fsp3) is 0.667. The van der Waals surface area contributed by atoms with Crippen molar-refractivity contribution in [1.82, 2.24) is 14.4 Å². The number of hydrogen-bond donors (Lipinski definition) is 1. The molecule has 20 heavy (non-hydrogen) atoms. The lowest BCUT2D eigenvalue weighted by atomic mass is 10.3. The van der Waals surface area contributed by atoms with Gasteiger partial charge in [-0.05, 0) is 46.5 Å². The first-order chi connectivity index (χ1) is 9.49. The molecule has 0 atom stereocenters. The molecule has 0 aliphatic rings. The number of rotatable bonds is 8. The van der Waals surface area contributed by atoms with Gasteiger partial charge < -0.3 is 20.1 Å². The van der Waals surface area contributed by atoms with Gasteiger partial charge in [0.1, 0.15) is 5.69 Å². The number of aromatic nitrogens is 1. The Morgan fingerprint density at radius 2 is 2.00 bits per heavy atom. The molecule has 114 valence electrons. The molecule has 1 amide bonds. The van der Waals surface area contributed by atoms with Crippen LogP contribution in [-0.2, 0) is 6.54 Å². The highest BCUT2D eigenvalue weighted by molar-refractivity contribution is 5.93. The van der Waals surface area contributed by atoms with Crippen molar-refractivity contribution < 1.29 is 4.79 Å². The molecule has 5 heteroatoms. The van der Waals surface area contributed by atoms with Crippen LogP contribution in [-0.4, -0.2) is 54.0 Å². The van der Waals surface area contributed by atoms with Crippen LogP contribution in [0.1, 0.15) is 37.2 Å². The van der Waals surface area contributed by atoms with Crippen LogP contribution in [0.3, 0.4) is 0 Å². The lowest BCUT2D eigenvalue weighted by Crippen LogP contribution is -2.34. The smallest absolute Gasteiger partial charge is 0.270 e. The average Bonchev–Trinajstić information content (AvgIpc) is 2.75. The number of anilines is 1. The molecule has 0 radical (unpaired) electrons. The minimum absolute atomic E-state index is 0.0800. The van der Waals surface area contributed by atoms with Gasteiger partial charge in [0.2, 0.25) is 0 Å². The van der Waals surface area contributed by atoms with Gasteiger partial charge in [0.25, 0.3) is 5.91 Å². The molecule has 0 saturated heterocycles. The molecule has 0 aliphatic heterocycles. The first-order valence-electron chi connectivity index (χ1n) is 7.39. The third-order valence-electron chi connectivity index (χ3n) is 3.30. The molecule has 1 aromatic rings. The van der Waals surface area contributed by atoms with Crippen LogP contribution in [0.25, 0.3) is 0 Å². The van der Waals surface area contributed by atoms with E-state index in [9.17, 15) is 4.79 Å². The number of nitrogen functional groups attached to an aromatic ring is 1. The number of nitrogens with two attached hydrogens (primary N) is 1. The molecule has 1 rings (SSSR count). The molecule has 1 aromatic heterocycles. The highest BCUT2D eigenvalue weighted by Crippen LogP contribution is 2.14. The van der Waals surface area contributed by atoms with E-state index in [-0.39, 0.29) is 5.91 Å². The summed E-state index contributed by atoms with van der Waals surface area (Å²) in [5, 5.41) is 0. The van der Waals surface area contributed by atoms with Crippen LogP contribution in [0.2, 0.25) is 0 Å². The Hall–Kier alpha value is -1.49. The second kappa shape index (κ2) is 7.94. The van der Waals surface area contributed by atoms with Crippen molar-refractivity contribution in [3.63, 3.8) is 0 Å². The van der Waals surface area contributed by atoms with Crippen LogP contribution in [0, 0.1) is 0 Å². The van der Waals surface area contributed by atoms with Crippen molar-refractivity contribution in [3.05, 3.63) is 18.0 Å². The molecular weight excluding hydrogens is 252 g/mol. The second-order valence-electron chi connectivity index (χ2n) is 5.39. The summed E-state index contributed by atoms with van der Waals surface area (Å²) in [5.74, 6) is 0.0800. The SMILES string of the molecule is CCCn1cc(N)cc1C(=O)N(CC)CCCN(C)C. The van der Waals surface area contributed by atoms with Crippen LogP contribution in [0.5, 0.6) is 0 Å². The van der Waals surface area contributed by atoms with Crippen LogP contribution in [0.4, 0.5) is 5.69 Å². The highest BCUT2D eigenvalue weighted by Gasteiger charge is 2.18. The Bertz CT molecular complexity index is 426. The average molecular weight is 280 g/mol. The molecule has 0 bridgehead atoms. The third-order valence-corrected chi connectivity index (χ3v) is 3.30. The van der Waals surface area contributed by atoms with Crippen LogP contribution < -0.4 is 5.73 Å². The standard InChI is InChI=1S/C15H28N4O/c1-5-8-19-12-13(16)11-14(19)15(20)18(6-2)10-7-9-17(3)4/h11-12H,5-10,16H2,1-4H3. The van der Waals surface area contributed by atoms with Gasteiger partial charge in [-0.25, -0.2) is 0 Å². The Morgan fingerprint density at radius 1 is 1.30 bits per heavy atom. The number of hydrogen-bond acceptors (Lipinski definition) is 3. The van der Waals surface area contributed by atoms with Crippen molar-refractivity contribution in [2.45, 2.75) is 33.2 Å². The lowest BCUT2D eigenvalue weighted by Gasteiger charge is -2.22. The predicted octanol–water partition coefficient (Wildman–Crippen LogP) is 1.89. The summed E-state index contributed by atoms with van der Waals surface area (Å²) in [4.78, 5) is 16.6. The molecule has 0 aromatic carbocycles. The molecule has 0 fully saturated rings. The van der Waals surface area contributed by atoms with E-state index in [1.165, 1.54) is 0 Å². The van der Waals surface area contributed by atoms with Gasteiger partial charge in [-0.15, -0.1) is 0 Å². The third kappa shape index (κ3) is 4.56. The van der Waals surface area contributed by atoms with Crippen molar-refractivity contribution in [3.8, 4) is 0 Å². The van der Waals surface area contributed by atoms with E-state index >= 15 is 0 Å². The highest BCUT2D eigenvalue weighted by atomic mass is 16.2. The van der Waals surface area contributed by atoms with E-state index in [0.717, 1.165) is 39.0 Å². The number of carbonyl (C=O) groups excluding carboxylic acids is 1. The Balaban J connectivity index is 2.74. The van der Waals surface area contributed by atoms with Gasteiger partial charge in [-0.2, -0.15) is 0 Å². The molecule has 0 spiro atoms. The quantitative estimate of drug-likeness (QED) is 0.791. The van der Waals surface area contributed by atoms with Gasteiger partial charge in [-0.1, -0.05) is 6.92 Å². The van der Waals surface area contributed by atoms with Crippen molar-refractivity contribution >= 4 is 11.6 Å². The normalized spacial score (nSPS) is 11.1. The van der Waals surface area contributed by atoms with Crippen molar-refractivity contribution in [2.24, 2.45) is 0 Å². The molecule has 1 heterocycles. The van der Waals surface area contributed by atoms with Crippen LogP contribution >= 0.6 is 0 Å². The summed E-state index contributed by atoms with van der Waals surface area (Å²) in [6.07, 6.45) is 3.82. The first-order valence-corrected chi connectivity index (χ1v) is 7.39. The topological polar surface area (TPSA) is 54.5 Å². The molecule has 2 N–H and O–H groups in total. The molecule has 0 unspecified atom stereocenters. The fourth-order valence-corrected chi connectivity index (χ4v) is 2.28. The molecule has 0 aliphatic carbocycles. The van der Waals surface area contributed by atoms with Crippen molar-refractivity contribution in [1.29, 1.82) is 0 Å². The van der Waals surface area contributed by atoms with E-state index < -0.39 is 0 Å². The Kier molecular flexibility index (Phi) is 6.58. The van der Waals surface area contributed by atoms with Gasteiger partial charge in [-0.3, -0.25) is 4.79 Å². The zero-order chi connectivity index (χ0) is 15.1. The maximum Gasteiger partial charge on any atom is 0.270 e. The minimum atomic E-state index is 0.0800. The van der Waals surface area contributed by atoms with E-state index in [1.54, 1.807) is 6.07 Å². The summed E-state index contributed by atoms with van der Waals surface area (Å²) in [6, 6.07) is 1.78. The van der Waals surface area contributed by atoms with E-state index in [0.29, 0.717) is 11.4 Å². The van der Waals surface area contributed by atoms with Crippen molar-refractivity contribution in [2.75, 3.05) is 39.5 Å². The Labute approximate surface area is 122 Å². The van der Waals surface area contributed by atoms with Gasteiger partial charge >= 0.3 is 0 Å². The molecule has 5 nitrogen and oxygen atoms in total. The molecule has 0 saturated carbocycles. The molecular formula is C15H28N4O. The predicted molar refractivity (Wildman–Crippen MR) is 83.9 cm³/mol. The van der Waals surface area contributed by atoms with Crippen LogP contribution in [0.15, 0.2) is 12.3 Å². The van der Waals surface area contributed by atoms with E-state index in [4.69, 9.17) is 5.73 Å². The summed E-state index contributed by atoms with van der Waals surface area (Å²) < 4.78 is 1.96. The number of carbonyl (C=O) groups is 1. The summed E-state index contributed by atoms with van der Waals surface area (Å²) in [7, 11) is 4.09. The first kappa shape index (κ1) is 16.6. The lowest BCUT2D eigenvalue weighted by molar-refractivity contribution is 0.0748. The minimum Gasteiger partial charge on any atom is -0.397 e. The Morgan fingerprint density at radius 3 is 2.55 bits per heavy atom. The number of aryl methyl sites for hydroxylation is 1. The maximum atomic E-state index is 12.6.